The highest BCUT2D eigenvalue weighted by molar-refractivity contribution is 7.89. The Kier molecular flexibility index (Phi) is 10.3. The molecule has 4 atom stereocenters. The van der Waals surface area contributed by atoms with Gasteiger partial charge in [-0.1, -0.05) is 18.9 Å². The molecule has 4 N–H and O–H groups in total. The Morgan fingerprint density at radius 2 is 1.89 bits per heavy atom. The van der Waals surface area contributed by atoms with E-state index < -0.39 is 43.9 Å². The molecule has 4 aliphatic rings. The van der Waals surface area contributed by atoms with Crippen LogP contribution >= 0.6 is 0 Å². The summed E-state index contributed by atoms with van der Waals surface area (Å²) in [5, 5.41) is 24.1. The van der Waals surface area contributed by atoms with Gasteiger partial charge >= 0.3 is 0 Å². The molecule has 1 aliphatic carbocycles. The fourth-order valence-electron chi connectivity index (χ4n) is 6.76. The maximum absolute atomic E-state index is 13.4. The molecule has 260 valence electrons. The van der Waals surface area contributed by atoms with Crippen molar-refractivity contribution in [3.05, 3.63) is 36.5 Å². The molecule has 0 radical (unpaired) electrons. The fourth-order valence-corrected chi connectivity index (χ4v) is 9.50. The van der Waals surface area contributed by atoms with Crippen molar-refractivity contribution in [1.82, 2.24) is 19.3 Å². The van der Waals surface area contributed by atoms with E-state index in [0.717, 1.165) is 12.8 Å². The molecule has 16 heteroatoms. The summed E-state index contributed by atoms with van der Waals surface area (Å²) in [5.74, 6) is 0.752. The number of ether oxygens (including phenoxy) is 3. The molecule has 1 aromatic carbocycles. The number of rotatable bonds is 11. The lowest BCUT2D eigenvalue weighted by atomic mass is 9.88. The third-order valence-electron chi connectivity index (χ3n) is 9.60. The minimum absolute atomic E-state index is 0.0112. The van der Waals surface area contributed by atoms with Gasteiger partial charge in [-0.2, -0.15) is 4.31 Å². The van der Waals surface area contributed by atoms with Crippen LogP contribution in [0.5, 0.6) is 11.6 Å². The van der Waals surface area contributed by atoms with Crippen LogP contribution in [0.4, 0.5) is 5.69 Å². The number of piperidine rings is 1. The predicted molar refractivity (Wildman–Crippen MR) is 173 cm³/mol. The Hall–Kier alpha value is -2.57. The van der Waals surface area contributed by atoms with Crippen LogP contribution in [0.15, 0.2) is 46.3 Å². The van der Waals surface area contributed by atoms with Crippen molar-refractivity contribution in [3.8, 4) is 11.6 Å². The summed E-state index contributed by atoms with van der Waals surface area (Å²) in [5.41, 5.74) is 0.234. The highest BCUT2D eigenvalue weighted by Gasteiger charge is 2.45. The first-order chi connectivity index (χ1) is 22.4. The molecule has 3 fully saturated rings. The van der Waals surface area contributed by atoms with Gasteiger partial charge in [-0.15, -0.1) is 0 Å². The molecule has 0 amide bonds. The number of nitrogens with one attached hydrogen (secondary N) is 2. The van der Waals surface area contributed by atoms with Gasteiger partial charge in [0.25, 0.3) is 0 Å². The average Bonchev–Trinajstić information content (AvgIpc) is 3.46. The average molecular weight is 696 g/mol. The van der Waals surface area contributed by atoms with E-state index in [9.17, 15) is 27.0 Å². The predicted octanol–water partition coefficient (Wildman–Crippen LogP) is 0.834. The highest BCUT2D eigenvalue weighted by Crippen LogP contribution is 2.38. The number of hydrogen-bond donors (Lipinski definition) is 4. The van der Waals surface area contributed by atoms with Gasteiger partial charge < -0.3 is 34.6 Å². The Morgan fingerprint density at radius 1 is 1.11 bits per heavy atom. The van der Waals surface area contributed by atoms with Gasteiger partial charge in [0, 0.05) is 44.8 Å². The number of benzene rings is 1. The largest absolute Gasteiger partial charge is 0.491 e. The van der Waals surface area contributed by atoms with Gasteiger partial charge in [0.05, 0.1) is 35.9 Å². The van der Waals surface area contributed by atoms with Crippen LogP contribution in [0.2, 0.25) is 0 Å². The minimum atomic E-state index is -3.84. The SMILES string of the molecule is CN1CCOc2ncc(S(=O)(=O)N3CCC4(CC3)CC(NCC(O)COc3cccc(S(=O)(=O)N[C@@H]5CCCC[C@@H]5O)c3)CO4)cc21. The molecule has 47 heavy (non-hydrogen) atoms. The molecule has 14 nitrogen and oxygen atoms in total. The molecule has 6 rings (SSSR count). The second-order valence-corrected chi connectivity index (χ2v) is 16.6. The molecule has 2 saturated heterocycles. The maximum atomic E-state index is 13.4. The van der Waals surface area contributed by atoms with Crippen molar-refractivity contribution >= 4 is 25.7 Å². The second-order valence-electron chi connectivity index (χ2n) is 13.0. The van der Waals surface area contributed by atoms with Crippen LogP contribution in [0.25, 0.3) is 0 Å². The third-order valence-corrected chi connectivity index (χ3v) is 13.0. The number of sulfonamides is 2. The van der Waals surface area contributed by atoms with Crippen LogP contribution in [0.1, 0.15) is 44.9 Å². The molecule has 3 aliphatic heterocycles. The van der Waals surface area contributed by atoms with Crippen LogP contribution in [0, 0.1) is 0 Å². The summed E-state index contributed by atoms with van der Waals surface area (Å²) in [7, 11) is -5.69. The number of pyridine rings is 1. The van der Waals surface area contributed by atoms with E-state index in [0.29, 0.717) is 82.3 Å². The molecule has 0 bridgehead atoms. The van der Waals surface area contributed by atoms with Gasteiger partial charge in [0.15, 0.2) is 0 Å². The Labute approximate surface area is 276 Å². The lowest BCUT2D eigenvalue weighted by molar-refractivity contribution is -0.0312. The number of anilines is 1. The van der Waals surface area contributed by atoms with Crippen molar-refractivity contribution in [3.63, 3.8) is 0 Å². The third kappa shape index (κ3) is 7.85. The molecule has 2 unspecified atom stereocenters. The van der Waals surface area contributed by atoms with E-state index in [1.165, 1.54) is 22.6 Å². The Balaban J connectivity index is 0.952. The van der Waals surface area contributed by atoms with E-state index in [4.69, 9.17) is 14.2 Å². The smallest absolute Gasteiger partial charge is 0.244 e. The summed E-state index contributed by atoms with van der Waals surface area (Å²) < 4.78 is 74.3. The molecule has 1 spiro atoms. The van der Waals surface area contributed by atoms with E-state index >= 15 is 0 Å². The van der Waals surface area contributed by atoms with E-state index in [-0.39, 0.29) is 29.0 Å². The first kappa shape index (κ1) is 34.3. The standard InChI is InChI=1S/C31H45N5O9S2/c1-35-13-14-43-30-28(35)16-26(19-33-30)47(41,42)36-11-9-31(10-12-36)17-22(20-45-31)32-18-23(37)21-44-24-5-4-6-25(15-24)46(39,40)34-27-7-2-3-8-29(27)38/h4-6,15-16,19,22-23,27,29,32,34,37-38H,2-3,7-14,17-18,20-21H2,1H3/t22?,23?,27-,29+/m1/s1. The number of aliphatic hydroxyl groups excluding tert-OH is 2. The number of aliphatic hydroxyl groups is 2. The zero-order valence-corrected chi connectivity index (χ0v) is 28.2. The molecule has 2 aromatic rings. The Morgan fingerprint density at radius 3 is 2.68 bits per heavy atom. The van der Waals surface area contributed by atoms with Crippen molar-refractivity contribution in [1.29, 1.82) is 0 Å². The van der Waals surface area contributed by atoms with Crippen LogP contribution in [0.3, 0.4) is 0 Å². The van der Waals surface area contributed by atoms with Gasteiger partial charge in [-0.3, -0.25) is 0 Å². The van der Waals surface area contributed by atoms with E-state index in [2.05, 4.69) is 15.0 Å². The summed E-state index contributed by atoms with van der Waals surface area (Å²) in [6.07, 6.45) is 4.52. The van der Waals surface area contributed by atoms with Crippen LogP contribution in [-0.4, -0.2) is 119 Å². The van der Waals surface area contributed by atoms with Crippen molar-refractivity contribution in [2.45, 2.75) is 84.6 Å². The summed E-state index contributed by atoms with van der Waals surface area (Å²) >= 11 is 0. The summed E-state index contributed by atoms with van der Waals surface area (Å²) in [6.45, 7) is 2.48. The number of likely N-dealkylation sites (N-methyl/N-ethyl adjacent to an activating group) is 1. The highest BCUT2D eigenvalue weighted by atomic mass is 32.2. The zero-order valence-electron chi connectivity index (χ0n) is 26.6. The number of nitrogens with zero attached hydrogens (tertiary/aromatic N) is 3. The fraction of sp³-hybridized carbons (Fsp3) is 0.645. The monoisotopic (exact) mass is 695 g/mol. The van der Waals surface area contributed by atoms with Gasteiger partial charge in [-0.25, -0.2) is 26.5 Å². The summed E-state index contributed by atoms with van der Waals surface area (Å²) in [6, 6.07) is 7.19. The molecule has 1 saturated carbocycles. The normalized spacial score (nSPS) is 25.7. The van der Waals surface area contributed by atoms with E-state index in [1.54, 1.807) is 18.2 Å². The lowest BCUT2D eigenvalue weighted by Gasteiger charge is -2.38. The molecular weight excluding hydrogens is 651 g/mol. The van der Waals surface area contributed by atoms with Gasteiger partial charge in [0.1, 0.15) is 35.7 Å². The molecule has 4 heterocycles. The van der Waals surface area contributed by atoms with Crippen molar-refractivity contribution < 1.29 is 41.3 Å². The number of hydrogen-bond acceptors (Lipinski definition) is 12. The zero-order chi connectivity index (χ0) is 33.2. The first-order valence-electron chi connectivity index (χ1n) is 16.3. The topological polar surface area (TPSA) is 180 Å². The van der Waals surface area contributed by atoms with Gasteiger partial charge in [-0.05, 0) is 50.3 Å². The molecular formula is C31H45N5O9S2. The van der Waals surface area contributed by atoms with Crippen LogP contribution in [-0.2, 0) is 24.8 Å². The maximum Gasteiger partial charge on any atom is 0.244 e. The summed E-state index contributed by atoms with van der Waals surface area (Å²) in [4.78, 5) is 6.37. The molecule has 1 aromatic heterocycles. The number of aromatic nitrogens is 1. The lowest BCUT2D eigenvalue weighted by Crippen LogP contribution is -2.47. The van der Waals surface area contributed by atoms with Crippen molar-refractivity contribution in [2.75, 3.05) is 57.9 Å². The Bertz CT molecular complexity index is 1620. The quantitative estimate of drug-likeness (QED) is 0.261. The number of fused-ring (bicyclic) bond motifs is 1. The van der Waals surface area contributed by atoms with Crippen molar-refractivity contribution in [2.24, 2.45) is 0 Å². The van der Waals surface area contributed by atoms with E-state index in [1.807, 2.05) is 11.9 Å². The second kappa shape index (κ2) is 14.1. The first-order valence-corrected chi connectivity index (χ1v) is 19.2. The van der Waals surface area contributed by atoms with Crippen LogP contribution < -0.4 is 24.4 Å². The van der Waals surface area contributed by atoms with Gasteiger partial charge in [0.2, 0.25) is 25.9 Å². The minimum Gasteiger partial charge on any atom is -0.491 e.